The number of nitriles is 1. The van der Waals surface area contributed by atoms with E-state index >= 15 is 0 Å². The zero-order chi connectivity index (χ0) is 23.3. The van der Waals surface area contributed by atoms with Crippen molar-refractivity contribution < 1.29 is 14.3 Å². The van der Waals surface area contributed by atoms with Crippen molar-refractivity contribution in [2.45, 2.75) is 45.3 Å². The second-order valence-electron chi connectivity index (χ2n) is 8.33. The number of amides is 1. The lowest BCUT2D eigenvalue weighted by Gasteiger charge is -2.33. The number of aromatic nitrogens is 3. The molecule has 0 spiro atoms. The van der Waals surface area contributed by atoms with Crippen molar-refractivity contribution in [3.8, 4) is 17.5 Å². The van der Waals surface area contributed by atoms with Crippen LogP contribution in [-0.2, 0) is 4.74 Å². The topological polar surface area (TPSA) is 123 Å². The van der Waals surface area contributed by atoms with E-state index in [0.717, 1.165) is 0 Å². The molecule has 10 heteroatoms. The van der Waals surface area contributed by atoms with Crippen LogP contribution in [0.4, 0.5) is 4.79 Å². The molecule has 0 saturated carbocycles. The molecule has 0 atom stereocenters. The monoisotopic (exact) mass is 438 g/mol. The number of piperidine rings is 1. The third-order valence-electron chi connectivity index (χ3n) is 4.67. The van der Waals surface area contributed by atoms with Gasteiger partial charge in [0.05, 0.1) is 18.1 Å². The summed E-state index contributed by atoms with van der Waals surface area (Å²) < 4.78 is 12.7. The summed E-state index contributed by atoms with van der Waals surface area (Å²) in [5.41, 5.74) is 0.127. The Morgan fingerprint density at radius 2 is 2.03 bits per heavy atom. The third kappa shape index (κ3) is 5.69. The van der Waals surface area contributed by atoms with E-state index in [-0.39, 0.29) is 17.9 Å². The first kappa shape index (κ1) is 22.9. The molecule has 32 heavy (non-hydrogen) atoms. The maximum Gasteiger partial charge on any atom is 0.410 e. The summed E-state index contributed by atoms with van der Waals surface area (Å²) in [6.45, 7) is 6.50. The van der Waals surface area contributed by atoms with Gasteiger partial charge >= 0.3 is 6.09 Å². The molecule has 0 bridgehead atoms. The van der Waals surface area contributed by atoms with E-state index in [1.165, 1.54) is 29.2 Å². The Morgan fingerprint density at radius 3 is 2.59 bits per heavy atom. The SMILES string of the molecule is CN=Cc1nn(-c2ccc(C#N)nc2)c(=O)cc1OC1CCN(C(=O)OC(C)(C)C)CC1. The highest BCUT2D eigenvalue weighted by Crippen LogP contribution is 2.22. The molecule has 3 heterocycles. The number of hydrogen-bond donors (Lipinski definition) is 0. The predicted octanol–water partition coefficient (Wildman–Crippen LogP) is 2.33. The number of pyridine rings is 1. The van der Waals surface area contributed by atoms with Crippen molar-refractivity contribution in [2.75, 3.05) is 20.1 Å². The first-order chi connectivity index (χ1) is 15.2. The highest BCUT2D eigenvalue weighted by molar-refractivity contribution is 5.80. The summed E-state index contributed by atoms with van der Waals surface area (Å²) in [6.07, 6.45) is 3.61. The molecule has 0 aliphatic carbocycles. The highest BCUT2D eigenvalue weighted by Gasteiger charge is 2.28. The molecule has 2 aromatic rings. The average molecular weight is 438 g/mol. The molecule has 1 aliphatic rings. The first-order valence-corrected chi connectivity index (χ1v) is 10.3. The molecule has 10 nitrogen and oxygen atoms in total. The van der Waals surface area contributed by atoms with E-state index in [2.05, 4.69) is 15.1 Å². The number of likely N-dealkylation sites (tertiary alicyclic amines) is 1. The van der Waals surface area contributed by atoms with Gasteiger partial charge in [0.2, 0.25) is 0 Å². The minimum absolute atomic E-state index is 0.175. The van der Waals surface area contributed by atoms with Crippen molar-refractivity contribution in [3.63, 3.8) is 0 Å². The molecule has 1 fully saturated rings. The van der Waals surface area contributed by atoms with Crippen molar-refractivity contribution in [1.82, 2.24) is 19.7 Å². The van der Waals surface area contributed by atoms with Gasteiger partial charge in [-0.05, 0) is 32.9 Å². The molecule has 168 valence electrons. The average Bonchev–Trinajstić information content (AvgIpc) is 2.75. The molecule has 0 radical (unpaired) electrons. The van der Waals surface area contributed by atoms with E-state index in [9.17, 15) is 9.59 Å². The fraction of sp³-hybridized carbons (Fsp3) is 0.455. The zero-order valence-electron chi connectivity index (χ0n) is 18.6. The molecule has 0 unspecified atom stereocenters. The van der Waals surface area contributed by atoms with Gasteiger partial charge in [-0.3, -0.25) is 9.79 Å². The minimum Gasteiger partial charge on any atom is -0.488 e. The molecule has 3 rings (SSSR count). The smallest absolute Gasteiger partial charge is 0.410 e. The van der Waals surface area contributed by atoms with Crippen molar-refractivity contribution >= 4 is 12.3 Å². The van der Waals surface area contributed by atoms with Crippen LogP contribution in [0.2, 0.25) is 0 Å². The molecule has 1 aliphatic heterocycles. The Kier molecular flexibility index (Phi) is 6.88. The van der Waals surface area contributed by atoms with Crippen LogP contribution in [0.1, 0.15) is 45.0 Å². The van der Waals surface area contributed by atoms with Crippen molar-refractivity contribution in [3.05, 3.63) is 46.1 Å². The lowest BCUT2D eigenvalue weighted by molar-refractivity contribution is 0.0126. The van der Waals surface area contributed by atoms with Crippen molar-refractivity contribution in [1.29, 1.82) is 5.26 Å². The number of carbonyl (C=O) groups excluding carboxylic acids is 1. The molecule has 2 aromatic heterocycles. The second kappa shape index (κ2) is 9.60. The predicted molar refractivity (Wildman–Crippen MR) is 117 cm³/mol. The van der Waals surface area contributed by atoms with Crippen LogP contribution in [0.5, 0.6) is 5.75 Å². The van der Waals surface area contributed by atoms with E-state index in [4.69, 9.17) is 14.7 Å². The second-order valence-corrected chi connectivity index (χ2v) is 8.33. The Morgan fingerprint density at radius 1 is 1.31 bits per heavy atom. The summed E-state index contributed by atoms with van der Waals surface area (Å²) in [5.74, 6) is 0.328. The fourth-order valence-electron chi connectivity index (χ4n) is 3.18. The lowest BCUT2D eigenvalue weighted by atomic mass is 10.1. The number of carbonyl (C=O) groups is 1. The summed E-state index contributed by atoms with van der Waals surface area (Å²) in [6, 6.07) is 6.41. The third-order valence-corrected chi connectivity index (χ3v) is 4.67. The van der Waals surface area contributed by atoms with Gasteiger partial charge in [-0.15, -0.1) is 0 Å². The van der Waals surface area contributed by atoms with Crippen LogP contribution in [0.3, 0.4) is 0 Å². The lowest BCUT2D eigenvalue weighted by Crippen LogP contribution is -2.44. The Labute approximate surface area is 186 Å². The molecule has 0 aromatic carbocycles. The van der Waals surface area contributed by atoms with Crippen LogP contribution in [0.25, 0.3) is 5.69 Å². The van der Waals surface area contributed by atoms with Gasteiger partial charge in [-0.25, -0.2) is 9.78 Å². The molecule has 1 saturated heterocycles. The van der Waals surface area contributed by atoms with Gasteiger partial charge < -0.3 is 14.4 Å². The van der Waals surface area contributed by atoms with E-state index in [1.54, 1.807) is 18.0 Å². The van der Waals surface area contributed by atoms with E-state index < -0.39 is 11.2 Å². The van der Waals surface area contributed by atoms with Crippen LogP contribution in [-0.4, -0.2) is 63.8 Å². The number of aliphatic imine (C=N–C) groups is 1. The maximum absolute atomic E-state index is 12.7. The standard InChI is InChI=1S/C22H26N6O4/c1-22(2,3)32-21(30)27-9-7-17(8-10-27)31-19-11-20(29)28(26-18(19)14-24-4)16-6-5-15(12-23)25-13-16/h5-6,11,13-14,17H,7-10H2,1-4H3. The van der Waals surface area contributed by atoms with Crippen LogP contribution >= 0.6 is 0 Å². The number of nitrogens with zero attached hydrogens (tertiary/aromatic N) is 6. The van der Waals surface area contributed by atoms with Gasteiger partial charge in [0.1, 0.15) is 29.2 Å². The summed E-state index contributed by atoms with van der Waals surface area (Å²) >= 11 is 0. The van der Waals surface area contributed by atoms with Crippen molar-refractivity contribution in [2.24, 2.45) is 4.99 Å². The largest absolute Gasteiger partial charge is 0.488 e. The maximum atomic E-state index is 12.7. The quantitative estimate of drug-likeness (QED) is 0.671. The van der Waals surface area contributed by atoms with Gasteiger partial charge in [-0.2, -0.15) is 15.0 Å². The first-order valence-electron chi connectivity index (χ1n) is 10.3. The highest BCUT2D eigenvalue weighted by atomic mass is 16.6. The summed E-state index contributed by atoms with van der Waals surface area (Å²) in [4.78, 5) is 34.6. The molecular weight excluding hydrogens is 412 g/mol. The van der Waals surface area contributed by atoms with Gasteiger partial charge in [0.25, 0.3) is 5.56 Å². The summed E-state index contributed by atoms with van der Waals surface area (Å²) in [7, 11) is 1.60. The van der Waals surface area contributed by atoms with Gasteiger partial charge in [0.15, 0.2) is 5.75 Å². The number of rotatable bonds is 4. The molecule has 1 amide bonds. The Bertz CT molecular complexity index is 1090. The van der Waals surface area contributed by atoms with Crippen LogP contribution < -0.4 is 10.3 Å². The van der Waals surface area contributed by atoms with Crippen LogP contribution in [0.15, 0.2) is 34.2 Å². The molecule has 0 N–H and O–H groups in total. The van der Waals surface area contributed by atoms with Gasteiger partial charge in [-0.1, -0.05) is 0 Å². The zero-order valence-corrected chi connectivity index (χ0v) is 18.6. The van der Waals surface area contributed by atoms with E-state index in [1.807, 2.05) is 26.8 Å². The minimum atomic E-state index is -0.543. The summed E-state index contributed by atoms with van der Waals surface area (Å²) in [5, 5.41) is 13.3. The van der Waals surface area contributed by atoms with Gasteiger partial charge in [0, 0.05) is 39.0 Å². The Balaban J connectivity index is 1.74. The number of ether oxygens (including phenoxy) is 2. The molecular formula is C22H26N6O4. The Hall–Kier alpha value is -3.74. The van der Waals surface area contributed by atoms with Crippen LogP contribution in [0, 0.1) is 11.3 Å². The van der Waals surface area contributed by atoms with E-state index in [0.29, 0.717) is 43.1 Å². The fourth-order valence-corrected chi connectivity index (χ4v) is 3.18. The normalized spacial score (nSPS) is 14.9. The number of hydrogen-bond acceptors (Lipinski definition) is 8.